The van der Waals surface area contributed by atoms with Crippen LogP contribution >= 0.6 is 0 Å². The monoisotopic (exact) mass is 604 g/mol. The Morgan fingerprint density at radius 1 is 0.515 bits per heavy atom. The summed E-state index contributed by atoms with van der Waals surface area (Å²) in [6, 6.07) is 36.9. The molecule has 0 saturated heterocycles. The Morgan fingerprint density at radius 3 is 1.03 bits per heavy atom. The first-order valence-electron chi connectivity index (χ1n) is 11.8. The molecule has 0 atom stereocenters. The Labute approximate surface area is 222 Å². The first kappa shape index (κ1) is 30.8. The molecule has 0 radical (unpaired) electrons. The van der Waals surface area contributed by atoms with Gasteiger partial charge in [-0.1, -0.05) is 64.5 Å². The molecule has 0 N–H and O–H groups in total. The maximum atomic E-state index is 3.72. The molecule has 0 aliphatic carbocycles. The summed E-state index contributed by atoms with van der Waals surface area (Å²) in [6.45, 7) is 11.9. The summed E-state index contributed by atoms with van der Waals surface area (Å²) in [6.07, 6.45) is 7.75. The number of aryl methyl sites for hydroxylation is 2. The third kappa shape index (κ3) is 17.9. The zero-order chi connectivity index (χ0) is 23.3. The standard InChI is InChI=1S/2C9H13.2C7H7.Hf/c2*1-2-3-6-9-7-4-5-8-9;2*1-7-5-3-2-4-6-7;/h2*4-5,7-8H,2-3,6H2,1H3;2*2-6H,1H2;/q4*-1;+4. The van der Waals surface area contributed by atoms with Gasteiger partial charge in [-0.2, -0.15) is 84.6 Å². The molecule has 33 heavy (non-hydrogen) atoms. The van der Waals surface area contributed by atoms with E-state index in [0.29, 0.717) is 0 Å². The van der Waals surface area contributed by atoms with Crippen molar-refractivity contribution in [2.75, 3.05) is 0 Å². The third-order valence-corrected chi connectivity index (χ3v) is 4.79. The topological polar surface area (TPSA) is 0 Å². The summed E-state index contributed by atoms with van der Waals surface area (Å²) in [5.41, 5.74) is 5.11. The van der Waals surface area contributed by atoms with Gasteiger partial charge < -0.3 is 0 Å². The Morgan fingerprint density at radius 2 is 0.818 bits per heavy atom. The molecule has 0 amide bonds. The van der Waals surface area contributed by atoms with Crippen LogP contribution in [0, 0.1) is 13.8 Å². The Bertz CT molecular complexity index is 768. The molecule has 0 aromatic heterocycles. The van der Waals surface area contributed by atoms with E-state index >= 15 is 0 Å². The van der Waals surface area contributed by atoms with E-state index in [2.05, 4.69) is 76.2 Å². The molecule has 4 rings (SSSR count). The maximum Gasteiger partial charge on any atom is 4.00 e. The smallest absolute Gasteiger partial charge is 0.213 e. The van der Waals surface area contributed by atoms with Gasteiger partial charge in [0.1, 0.15) is 0 Å². The fourth-order valence-corrected chi connectivity index (χ4v) is 2.88. The van der Waals surface area contributed by atoms with Gasteiger partial charge in [-0.25, -0.2) is 24.3 Å². The zero-order valence-electron chi connectivity index (χ0n) is 20.5. The van der Waals surface area contributed by atoms with Gasteiger partial charge in [0.15, 0.2) is 0 Å². The number of benzene rings is 2. The summed E-state index contributed by atoms with van der Waals surface area (Å²) in [5, 5.41) is 0. The van der Waals surface area contributed by atoms with E-state index in [1.807, 2.05) is 60.7 Å². The van der Waals surface area contributed by atoms with Gasteiger partial charge in [-0.3, -0.25) is 0 Å². The molecule has 4 aromatic rings. The van der Waals surface area contributed by atoms with Crippen molar-refractivity contribution in [2.45, 2.75) is 52.4 Å². The molecule has 0 heterocycles. The maximum absolute atomic E-state index is 3.72. The fraction of sp³-hybridized carbons (Fsp3) is 0.250. The van der Waals surface area contributed by atoms with Crippen LogP contribution in [-0.4, -0.2) is 0 Å². The van der Waals surface area contributed by atoms with Crippen LogP contribution in [0.1, 0.15) is 61.8 Å². The molecule has 1 heteroatoms. The quantitative estimate of drug-likeness (QED) is 0.152. The van der Waals surface area contributed by atoms with E-state index in [4.69, 9.17) is 0 Å². The second-order valence-corrected chi connectivity index (χ2v) is 7.76. The summed E-state index contributed by atoms with van der Waals surface area (Å²) >= 11 is 0. The van der Waals surface area contributed by atoms with Gasteiger partial charge in [-0.05, 0) is 0 Å². The fourth-order valence-electron chi connectivity index (χ4n) is 2.88. The molecule has 0 aliphatic rings. The molecule has 4 aromatic carbocycles. The number of unbranched alkanes of at least 4 members (excludes halogenated alkanes) is 2. The summed E-state index contributed by atoms with van der Waals surface area (Å²) in [4.78, 5) is 0. The first-order chi connectivity index (χ1) is 15.7. The van der Waals surface area contributed by atoms with Crippen LogP contribution < -0.4 is 0 Å². The van der Waals surface area contributed by atoms with E-state index in [1.54, 1.807) is 0 Å². The van der Waals surface area contributed by atoms with Crippen molar-refractivity contribution in [3.05, 3.63) is 145 Å². The van der Waals surface area contributed by atoms with Crippen molar-refractivity contribution in [1.29, 1.82) is 0 Å². The third-order valence-electron chi connectivity index (χ3n) is 4.79. The molecule has 0 saturated carbocycles. The van der Waals surface area contributed by atoms with Crippen molar-refractivity contribution in [2.24, 2.45) is 0 Å². The van der Waals surface area contributed by atoms with E-state index in [0.717, 1.165) is 11.1 Å². The Balaban J connectivity index is 0.000000412. The second kappa shape index (κ2) is 21.6. The first-order valence-corrected chi connectivity index (χ1v) is 11.8. The van der Waals surface area contributed by atoms with Gasteiger partial charge >= 0.3 is 25.8 Å². The second-order valence-electron chi connectivity index (χ2n) is 7.76. The largest absolute Gasteiger partial charge is 4.00 e. The van der Waals surface area contributed by atoms with Crippen LogP contribution in [0.5, 0.6) is 0 Å². The Kier molecular flexibility index (Phi) is 20.1. The summed E-state index contributed by atoms with van der Waals surface area (Å²) < 4.78 is 0. The molecule has 0 aliphatic heterocycles. The minimum atomic E-state index is 0. The average molecular weight is 603 g/mol. The SMILES string of the molecule is CCCC[c-]1cccc1.CCCC[c-]1cccc1.[CH2-]c1ccccc1.[CH2-]c1ccccc1.[Hf+4]. The van der Waals surface area contributed by atoms with Crippen LogP contribution in [0.15, 0.2) is 109 Å². The van der Waals surface area contributed by atoms with Gasteiger partial charge in [0.05, 0.1) is 0 Å². The average Bonchev–Trinajstić information content (AvgIpc) is 3.53. The number of hydrogen-bond acceptors (Lipinski definition) is 0. The van der Waals surface area contributed by atoms with Gasteiger partial charge in [0.2, 0.25) is 0 Å². The van der Waals surface area contributed by atoms with Crippen molar-refractivity contribution in [1.82, 2.24) is 0 Å². The van der Waals surface area contributed by atoms with Crippen molar-refractivity contribution < 1.29 is 25.8 Å². The van der Waals surface area contributed by atoms with Gasteiger partial charge in [0, 0.05) is 0 Å². The van der Waals surface area contributed by atoms with E-state index in [1.165, 1.54) is 49.7 Å². The molecule has 0 nitrogen and oxygen atoms in total. The molecular weight excluding hydrogens is 563 g/mol. The molecule has 0 spiro atoms. The van der Waals surface area contributed by atoms with Gasteiger partial charge in [0.25, 0.3) is 0 Å². The zero-order valence-corrected chi connectivity index (χ0v) is 24.1. The number of hydrogen-bond donors (Lipinski definition) is 0. The predicted octanol–water partition coefficient (Wildman–Crippen LogP) is 9.23. The minimum Gasteiger partial charge on any atom is -0.213 e. The van der Waals surface area contributed by atoms with Crippen LogP contribution in [0.4, 0.5) is 0 Å². The van der Waals surface area contributed by atoms with E-state index in [-0.39, 0.29) is 25.8 Å². The summed E-state index contributed by atoms with van der Waals surface area (Å²) in [7, 11) is 0. The van der Waals surface area contributed by atoms with Crippen molar-refractivity contribution in [3.8, 4) is 0 Å². The molecule has 0 unspecified atom stereocenters. The normalized spacial score (nSPS) is 9.03. The van der Waals surface area contributed by atoms with Gasteiger partial charge in [-0.15, -0.1) is 24.3 Å². The minimum absolute atomic E-state index is 0. The summed E-state index contributed by atoms with van der Waals surface area (Å²) in [5.74, 6) is 0. The van der Waals surface area contributed by atoms with Crippen LogP contribution in [0.3, 0.4) is 0 Å². The molecular formula is C32H40Hf. The molecule has 172 valence electrons. The Hall–Kier alpha value is -2.25. The molecule has 0 fully saturated rings. The van der Waals surface area contributed by atoms with Crippen LogP contribution in [0.25, 0.3) is 0 Å². The van der Waals surface area contributed by atoms with Crippen molar-refractivity contribution in [3.63, 3.8) is 0 Å². The van der Waals surface area contributed by atoms with Crippen molar-refractivity contribution >= 4 is 0 Å². The predicted molar refractivity (Wildman–Crippen MR) is 143 cm³/mol. The molecule has 0 bridgehead atoms. The number of rotatable bonds is 6. The van der Waals surface area contributed by atoms with Crippen LogP contribution in [-0.2, 0) is 38.7 Å². The van der Waals surface area contributed by atoms with Crippen LogP contribution in [0.2, 0.25) is 0 Å². The van der Waals surface area contributed by atoms with E-state index < -0.39 is 0 Å². The van der Waals surface area contributed by atoms with E-state index in [9.17, 15) is 0 Å².